The Kier molecular flexibility index (Phi) is 5.90. The molecule has 0 saturated carbocycles. The summed E-state index contributed by atoms with van der Waals surface area (Å²) in [5.74, 6) is 0.432. The van der Waals surface area contributed by atoms with E-state index in [4.69, 9.17) is 15.2 Å². The average molecular weight is 382 g/mol. The first-order valence-corrected chi connectivity index (χ1v) is 9.31. The van der Waals surface area contributed by atoms with Gasteiger partial charge in [0.15, 0.2) is 0 Å². The number of carbonyl (C=O) groups is 1. The van der Waals surface area contributed by atoms with Gasteiger partial charge in [-0.25, -0.2) is 4.79 Å². The summed E-state index contributed by atoms with van der Waals surface area (Å²) in [6, 6.07) is 9.15. The van der Waals surface area contributed by atoms with Crippen LogP contribution < -0.4 is 15.2 Å². The highest BCUT2D eigenvalue weighted by Crippen LogP contribution is 2.40. The number of aromatic carboxylic acids is 1. The monoisotopic (exact) mass is 382 g/mol. The fourth-order valence-corrected chi connectivity index (χ4v) is 3.62. The van der Waals surface area contributed by atoms with Crippen LogP contribution in [-0.2, 0) is 6.42 Å². The maximum Gasteiger partial charge on any atom is 0.336 e. The molecule has 0 saturated heterocycles. The zero-order chi connectivity index (χ0) is 20.3. The molecule has 0 radical (unpaired) electrons. The first-order chi connectivity index (χ1) is 13.5. The van der Waals surface area contributed by atoms with Crippen LogP contribution in [0.25, 0.3) is 22.2 Å². The predicted molar refractivity (Wildman–Crippen MR) is 111 cm³/mol. The number of ether oxygens (including phenoxy) is 2. The van der Waals surface area contributed by atoms with Gasteiger partial charge in [0, 0.05) is 22.5 Å². The van der Waals surface area contributed by atoms with Crippen molar-refractivity contribution in [2.24, 2.45) is 5.73 Å². The number of aromatic amines is 1. The third-order valence-corrected chi connectivity index (χ3v) is 5.06. The summed E-state index contributed by atoms with van der Waals surface area (Å²) in [7, 11) is 3.22. The van der Waals surface area contributed by atoms with Gasteiger partial charge in [-0.3, -0.25) is 0 Å². The summed E-state index contributed by atoms with van der Waals surface area (Å²) in [4.78, 5) is 15.4. The number of hydrogen-bond acceptors (Lipinski definition) is 4. The lowest BCUT2D eigenvalue weighted by Gasteiger charge is -2.12. The van der Waals surface area contributed by atoms with Gasteiger partial charge in [-0.15, -0.1) is 0 Å². The Balaban J connectivity index is 2.30. The summed E-state index contributed by atoms with van der Waals surface area (Å²) in [5.41, 5.74) is 10.6. The van der Waals surface area contributed by atoms with Gasteiger partial charge < -0.3 is 25.3 Å². The topological polar surface area (TPSA) is 97.6 Å². The lowest BCUT2D eigenvalue weighted by atomic mass is 9.96. The van der Waals surface area contributed by atoms with E-state index < -0.39 is 5.97 Å². The van der Waals surface area contributed by atoms with E-state index in [-0.39, 0.29) is 0 Å². The molecule has 2 aromatic carbocycles. The largest absolute Gasteiger partial charge is 0.497 e. The minimum atomic E-state index is -0.933. The molecule has 4 N–H and O–H groups in total. The van der Waals surface area contributed by atoms with E-state index in [2.05, 4.69) is 4.98 Å². The van der Waals surface area contributed by atoms with E-state index in [9.17, 15) is 9.90 Å². The summed E-state index contributed by atoms with van der Waals surface area (Å²) < 4.78 is 10.9. The zero-order valence-electron chi connectivity index (χ0n) is 16.5. The summed E-state index contributed by atoms with van der Waals surface area (Å²) in [6.07, 6.45) is 2.48. The predicted octanol–water partition coefficient (Wildman–Crippen LogP) is 4.14. The number of aryl methyl sites for hydroxylation is 2. The van der Waals surface area contributed by atoms with E-state index in [0.717, 1.165) is 52.5 Å². The molecule has 3 aromatic rings. The van der Waals surface area contributed by atoms with Crippen LogP contribution in [0.3, 0.4) is 0 Å². The lowest BCUT2D eigenvalue weighted by Crippen LogP contribution is -2.02. The first-order valence-electron chi connectivity index (χ1n) is 9.31. The van der Waals surface area contributed by atoms with Crippen LogP contribution in [0.5, 0.6) is 11.5 Å². The number of unbranched alkanes of at least 4 members (excludes halogenated alkanes) is 1. The molecule has 0 aliphatic carbocycles. The molecule has 0 spiro atoms. The third kappa shape index (κ3) is 3.55. The average Bonchev–Trinajstić information content (AvgIpc) is 3.07. The molecule has 0 atom stereocenters. The molecule has 0 aliphatic heterocycles. The first kappa shape index (κ1) is 19.8. The van der Waals surface area contributed by atoms with Crippen molar-refractivity contribution in [3.8, 4) is 22.8 Å². The van der Waals surface area contributed by atoms with Crippen molar-refractivity contribution in [2.75, 3.05) is 20.8 Å². The summed E-state index contributed by atoms with van der Waals surface area (Å²) in [6.45, 7) is 2.58. The van der Waals surface area contributed by atoms with Gasteiger partial charge in [0.2, 0.25) is 0 Å². The van der Waals surface area contributed by atoms with Crippen LogP contribution >= 0.6 is 0 Å². The van der Waals surface area contributed by atoms with Gasteiger partial charge in [0.05, 0.1) is 25.5 Å². The fourth-order valence-electron chi connectivity index (χ4n) is 3.62. The van der Waals surface area contributed by atoms with Crippen LogP contribution in [0.4, 0.5) is 0 Å². The number of nitrogens with one attached hydrogen (secondary N) is 1. The van der Waals surface area contributed by atoms with Crippen molar-refractivity contribution < 1.29 is 19.4 Å². The van der Waals surface area contributed by atoms with Crippen molar-refractivity contribution in [1.82, 2.24) is 4.98 Å². The van der Waals surface area contributed by atoms with E-state index in [1.807, 2.05) is 31.2 Å². The smallest absolute Gasteiger partial charge is 0.336 e. The number of carboxylic acids is 1. The maximum atomic E-state index is 11.9. The Hall–Kier alpha value is -2.99. The maximum absolute atomic E-state index is 11.9. The summed E-state index contributed by atoms with van der Waals surface area (Å²) >= 11 is 0. The number of carboxylic acid groups (broad SMARTS) is 1. The van der Waals surface area contributed by atoms with Crippen LogP contribution in [0, 0.1) is 6.92 Å². The number of H-pyrrole nitrogens is 1. The molecule has 0 fully saturated rings. The second kappa shape index (κ2) is 8.35. The Morgan fingerprint density at radius 3 is 2.57 bits per heavy atom. The molecule has 148 valence electrons. The molecule has 0 amide bonds. The minimum Gasteiger partial charge on any atom is -0.497 e. The standard InChI is InChI=1S/C22H26N2O4/c1-13-7-9-17(22(25)26)19-16(6-4-5-11-23)21(24-20(13)19)15-10-8-14(27-2)12-18(15)28-3/h7-10,12,24H,4-6,11,23H2,1-3H3,(H,25,26). The zero-order valence-corrected chi connectivity index (χ0v) is 16.5. The van der Waals surface area contributed by atoms with Crippen molar-refractivity contribution in [1.29, 1.82) is 0 Å². The van der Waals surface area contributed by atoms with Gasteiger partial charge in [-0.1, -0.05) is 6.07 Å². The third-order valence-electron chi connectivity index (χ3n) is 5.06. The fraction of sp³-hybridized carbons (Fsp3) is 0.318. The molecular weight excluding hydrogens is 356 g/mol. The highest BCUT2D eigenvalue weighted by Gasteiger charge is 2.22. The lowest BCUT2D eigenvalue weighted by molar-refractivity contribution is 0.0699. The molecule has 0 unspecified atom stereocenters. The molecule has 1 heterocycles. The number of hydrogen-bond donors (Lipinski definition) is 3. The molecule has 0 aliphatic rings. The van der Waals surface area contributed by atoms with Gasteiger partial charge >= 0.3 is 5.97 Å². The molecular formula is C22H26N2O4. The normalized spacial score (nSPS) is 11.0. The molecule has 1 aromatic heterocycles. The number of benzene rings is 2. The molecule has 6 nitrogen and oxygen atoms in total. The van der Waals surface area contributed by atoms with Crippen LogP contribution in [0.1, 0.15) is 34.3 Å². The molecule has 3 rings (SSSR count). The Morgan fingerprint density at radius 1 is 1.14 bits per heavy atom. The summed E-state index contributed by atoms with van der Waals surface area (Å²) in [5, 5.41) is 10.5. The van der Waals surface area contributed by atoms with Gasteiger partial charge in [0.1, 0.15) is 11.5 Å². The van der Waals surface area contributed by atoms with Gasteiger partial charge in [-0.05, 0) is 62.1 Å². The Bertz CT molecular complexity index is 1010. The van der Waals surface area contributed by atoms with E-state index >= 15 is 0 Å². The number of aromatic nitrogens is 1. The quantitative estimate of drug-likeness (QED) is 0.509. The number of rotatable bonds is 8. The van der Waals surface area contributed by atoms with Crippen molar-refractivity contribution in [3.05, 3.63) is 47.0 Å². The van der Waals surface area contributed by atoms with Gasteiger partial charge in [0.25, 0.3) is 0 Å². The van der Waals surface area contributed by atoms with E-state index in [1.165, 1.54) is 0 Å². The Morgan fingerprint density at radius 2 is 1.93 bits per heavy atom. The highest BCUT2D eigenvalue weighted by atomic mass is 16.5. The molecule has 6 heteroatoms. The van der Waals surface area contributed by atoms with Crippen molar-refractivity contribution in [3.63, 3.8) is 0 Å². The number of nitrogens with two attached hydrogens (primary N) is 1. The number of fused-ring (bicyclic) bond motifs is 1. The van der Waals surface area contributed by atoms with Crippen molar-refractivity contribution >= 4 is 16.9 Å². The molecule has 0 bridgehead atoms. The number of methoxy groups -OCH3 is 2. The van der Waals surface area contributed by atoms with Crippen LogP contribution in [-0.4, -0.2) is 36.8 Å². The highest BCUT2D eigenvalue weighted by molar-refractivity contribution is 6.07. The second-order valence-electron chi connectivity index (χ2n) is 6.78. The Labute approximate surface area is 164 Å². The molecule has 28 heavy (non-hydrogen) atoms. The second-order valence-corrected chi connectivity index (χ2v) is 6.78. The van der Waals surface area contributed by atoms with Crippen LogP contribution in [0.2, 0.25) is 0 Å². The van der Waals surface area contributed by atoms with Gasteiger partial charge in [-0.2, -0.15) is 0 Å². The van der Waals surface area contributed by atoms with Crippen LogP contribution in [0.15, 0.2) is 30.3 Å². The SMILES string of the molecule is COc1ccc(-c2[nH]c3c(C)ccc(C(=O)O)c3c2CCCCN)c(OC)c1. The van der Waals surface area contributed by atoms with Crippen molar-refractivity contribution in [2.45, 2.75) is 26.2 Å². The van der Waals surface area contributed by atoms with E-state index in [0.29, 0.717) is 23.6 Å². The minimum absolute atomic E-state index is 0.304. The van der Waals surface area contributed by atoms with E-state index in [1.54, 1.807) is 20.3 Å².